The van der Waals surface area contributed by atoms with Gasteiger partial charge in [-0.2, -0.15) is 5.10 Å². The van der Waals surface area contributed by atoms with E-state index in [9.17, 15) is 9.59 Å². The molecule has 2 heterocycles. The van der Waals surface area contributed by atoms with Crippen LogP contribution in [0, 0.1) is 0 Å². The predicted molar refractivity (Wildman–Crippen MR) is 117 cm³/mol. The number of aromatic amines is 1. The number of aromatic nitrogens is 2. The van der Waals surface area contributed by atoms with Crippen LogP contribution in [0.4, 0.5) is 0 Å². The topological polar surface area (TPSA) is 69.3 Å². The van der Waals surface area contributed by atoms with Crippen molar-refractivity contribution in [3.8, 4) is 0 Å². The van der Waals surface area contributed by atoms with Crippen molar-refractivity contribution in [3.05, 3.63) is 88.3 Å². The lowest BCUT2D eigenvalue weighted by atomic mass is 10.0. The number of rotatable bonds is 3. The number of nitrogens with one attached hydrogen (secondary N) is 1. The van der Waals surface area contributed by atoms with Gasteiger partial charge >= 0.3 is 0 Å². The molecule has 0 unspecified atom stereocenters. The first kappa shape index (κ1) is 18.5. The van der Waals surface area contributed by atoms with Crippen LogP contribution in [0.2, 0.25) is 0 Å². The summed E-state index contributed by atoms with van der Waals surface area (Å²) in [6, 6.07) is 22.0. The Labute approximate surface area is 173 Å². The summed E-state index contributed by atoms with van der Waals surface area (Å²) in [5.41, 5.74) is 1.34. The molecule has 4 aromatic rings. The monoisotopic (exact) mass is 398 g/mol. The molecule has 0 saturated carbocycles. The van der Waals surface area contributed by atoms with Crippen molar-refractivity contribution in [1.82, 2.24) is 20.0 Å². The summed E-state index contributed by atoms with van der Waals surface area (Å²) in [5.74, 6) is -0.132. The van der Waals surface area contributed by atoms with Crippen LogP contribution in [0.25, 0.3) is 21.5 Å². The Balaban J connectivity index is 1.31. The van der Waals surface area contributed by atoms with Crippen LogP contribution in [0.15, 0.2) is 71.5 Å². The molecule has 1 aliphatic rings. The fraction of sp³-hybridized carbons (Fsp3) is 0.208. The van der Waals surface area contributed by atoms with E-state index in [1.807, 2.05) is 11.0 Å². The fourth-order valence-corrected chi connectivity index (χ4v) is 4.21. The molecule has 6 heteroatoms. The second kappa shape index (κ2) is 7.72. The lowest BCUT2D eigenvalue weighted by Gasteiger charge is -2.34. The number of piperazine rings is 1. The predicted octanol–water partition coefficient (Wildman–Crippen LogP) is 3.03. The maximum absolute atomic E-state index is 13.1. The van der Waals surface area contributed by atoms with Crippen LogP contribution in [-0.4, -0.2) is 52.1 Å². The van der Waals surface area contributed by atoms with Gasteiger partial charge in [0.1, 0.15) is 0 Å². The normalized spacial score (nSPS) is 15.0. The van der Waals surface area contributed by atoms with E-state index in [1.165, 1.54) is 16.3 Å². The third kappa shape index (κ3) is 3.35. The lowest BCUT2D eigenvalue weighted by Crippen LogP contribution is -2.48. The zero-order chi connectivity index (χ0) is 20.5. The molecular weight excluding hydrogens is 376 g/mol. The Hall–Kier alpha value is -3.51. The van der Waals surface area contributed by atoms with Gasteiger partial charge in [-0.25, -0.2) is 5.10 Å². The Morgan fingerprint density at radius 3 is 2.30 bits per heavy atom. The molecule has 5 rings (SSSR count). The Bertz CT molecular complexity index is 1280. The first-order chi connectivity index (χ1) is 14.7. The van der Waals surface area contributed by atoms with Crippen molar-refractivity contribution in [2.75, 3.05) is 26.2 Å². The van der Waals surface area contributed by atoms with Crippen molar-refractivity contribution in [2.24, 2.45) is 0 Å². The SMILES string of the molecule is O=C(c1n[nH]c(=O)c2ccccc12)N1CCN(Cc2cccc3ccccc23)CC1. The van der Waals surface area contributed by atoms with E-state index in [-0.39, 0.29) is 11.5 Å². The molecule has 1 amide bonds. The van der Waals surface area contributed by atoms with E-state index in [1.54, 1.807) is 18.2 Å². The number of carbonyl (C=O) groups is 1. The molecule has 0 radical (unpaired) electrons. The Kier molecular flexibility index (Phi) is 4.77. The van der Waals surface area contributed by atoms with Crippen molar-refractivity contribution < 1.29 is 4.79 Å². The minimum Gasteiger partial charge on any atom is -0.335 e. The molecular formula is C24H22N4O2. The largest absolute Gasteiger partial charge is 0.335 e. The molecule has 1 N–H and O–H groups in total. The van der Waals surface area contributed by atoms with Gasteiger partial charge in [0, 0.05) is 38.1 Å². The lowest BCUT2D eigenvalue weighted by molar-refractivity contribution is 0.0624. The second-order valence-corrected chi connectivity index (χ2v) is 7.65. The summed E-state index contributed by atoms with van der Waals surface area (Å²) in [5, 5.41) is 10.1. The molecule has 0 spiro atoms. The highest BCUT2D eigenvalue weighted by Crippen LogP contribution is 2.21. The molecule has 150 valence electrons. The highest BCUT2D eigenvalue weighted by molar-refractivity contribution is 6.04. The quantitative estimate of drug-likeness (QED) is 0.576. The maximum Gasteiger partial charge on any atom is 0.275 e. The van der Waals surface area contributed by atoms with Gasteiger partial charge in [-0.1, -0.05) is 60.7 Å². The molecule has 0 bridgehead atoms. The summed E-state index contributed by atoms with van der Waals surface area (Å²) in [6.45, 7) is 3.74. The Morgan fingerprint density at radius 2 is 1.50 bits per heavy atom. The first-order valence-corrected chi connectivity index (χ1v) is 10.2. The van der Waals surface area contributed by atoms with Crippen LogP contribution in [0.1, 0.15) is 16.1 Å². The number of amides is 1. The van der Waals surface area contributed by atoms with Gasteiger partial charge in [-0.15, -0.1) is 0 Å². The van der Waals surface area contributed by atoms with Crippen molar-refractivity contribution in [1.29, 1.82) is 0 Å². The van der Waals surface area contributed by atoms with E-state index in [0.29, 0.717) is 29.6 Å². The second-order valence-electron chi connectivity index (χ2n) is 7.65. The average molecular weight is 398 g/mol. The van der Waals surface area contributed by atoms with Crippen molar-refractivity contribution in [2.45, 2.75) is 6.54 Å². The van der Waals surface area contributed by atoms with Gasteiger partial charge in [-0.05, 0) is 22.4 Å². The zero-order valence-corrected chi connectivity index (χ0v) is 16.5. The molecule has 1 fully saturated rings. The highest BCUT2D eigenvalue weighted by Gasteiger charge is 2.25. The number of fused-ring (bicyclic) bond motifs is 2. The summed E-state index contributed by atoms with van der Waals surface area (Å²) >= 11 is 0. The molecule has 1 aliphatic heterocycles. The molecule has 0 aliphatic carbocycles. The number of carbonyl (C=O) groups excluding carboxylic acids is 1. The minimum atomic E-state index is -0.276. The van der Waals surface area contributed by atoms with Crippen LogP contribution in [0.5, 0.6) is 0 Å². The van der Waals surface area contributed by atoms with E-state index in [4.69, 9.17) is 0 Å². The number of benzene rings is 3. The average Bonchev–Trinajstić information content (AvgIpc) is 2.80. The summed E-state index contributed by atoms with van der Waals surface area (Å²) < 4.78 is 0. The van der Waals surface area contributed by atoms with E-state index < -0.39 is 0 Å². The van der Waals surface area contributed by atoms with Crippen LogP contribution in [0.3, 0.4) is 0 Å². The smallest absolute Gasteiger partial charge is 0.275 e. The van der Waals surface area contributed by atoms with Crippen LogP contribution >= 0.6 is 0 Å². The highest BCUT2D eigenvalue weighted by atomic mass is 16.2. The summed E-state index contributed by atoms with van der Waals surface area (Å²) in [7, 11) is 0. The van der Waals surface area contributed by atoms with Gasteiger partial charge in [-0.3, -0.25) is 14.5 Å². The van der Waals surface area contributed by atoms with Gasteiger partial charge in [0.2, 0.25) is 0 Å². The molecule has 1 aromatic heterocycles. The number of nitrogens with zero attached hydrogens (tertiary/aromatic N) is 3. The summed E-state index contributed by atoms with van der Waals surface area (Å²) in [4.78, 5) is 29.3. The van der Waals surface area contributed by atoms with Crippen LogP contribution in [-0.2, 0) is 6.54 Å². The zero-order valence-electron chi connectivity index (χ0n) is 16.5. The molecule has 30 heavy (non-hydrogen) atoms. The molecule has 6 nitrogen and oxygen atoms in total. The van der Waals surface area contributed by atoms with Crippen molar-refractivity contribution >= 4 is 27.5 Å². The fourth-order valence-electron chi connectivity index (χ4n) is 4.21. The van der Waals surface area contributed by atoms with Crippen LogP contribution < -0.4 is 5.56 Å². The molecule has 0 atom stereocenters. The summed E-state index contributed by atoms with van der Waals surface area (Å²) in [6.07, 6.45) is 0. The van der Waals surface area contributed by atoms with Gasteiger partial charge < -0.3 is 4.90 Å². The Morgan fingerprint density at radius 1 is 0.833 bits per heavy atom. The molecule has 3 aromatic carbocycles. The first-order valence-electron chi connectivity index (χ1n) is 10.2. The van der Waals surface area contributed by atoms with Gasteiger partial charge in [0.15, 0.2) is 5.69 Å². The number of hydrogen-bond donors (Lipinski definition) is 1. The van der Waals surface area contributed by atoms with E-state index in [0.717, 1.165) is 19.6 Å². The van der Waals surface area contributed by atoms with Gasteiger partial charge in [0.25, 0.3) is 11.5 Å². The van der Waals surface area contributed by atoms with E-state index >= 15 is 0 Å². The number of hydrogen-bond acceptors (Lipinski definition) is 4. The minimum absolute atomic E-state index is 0.132. The van der Waals surface area contributed by atoms with Crippen molar-refractivity contribution in [3.63, 3.8) is 0 Å². The third-order valence-electron chi connectivity index (χ3n) is 5.83. The molecule has 1 saturated heterocycles. The number of H-pyrrole nitrogens is 1. The van der Waals surface area contributed by atoms with E-state index in [2.05, 4.69) is 57.6 Å². The third-order valence-corrected chi connectivity index (χ3v) is 5.83. The standard InChI is InChI=1S/C24H22N4O2/c29-23-21-11-4-3-10-20(21)22(25-26-23)24(30)28-14-12-27(13-15-28)16-18-8-5-7-17-6-1-2-9-19(17)18/h1-11H,12-16H2,(H,26,29). The maximum atomic E-state index is 13.1. The van der Waals surface area contributed by atoms with Gasteiger partial charge in [0.05, 0.1) is 5.39 Å².